The van der Waals surface area contributed by atoms with Crippen LogP contribution >= 0.6 is 0 Å². The molecule has 0 spiro atoms. The molecule has 2 aliphatic rings. The summed E-state index contributed by atoms with van der Waals surface area (Å²) in [5.74, 6) is 2.88. The highest BCUT2D eigenvalue weighted by Gasteiger charge is 2.29. The number of nitrogens with one attached hydrogen (secondary N) is 1. The zero-order valence-electron chi connectivity index (χ0n) is 15.4. The van der Waals surface area contributed by atoms with Gasteiger partial charge in [-0.15, -0.1) is 0 Å². The Kier molecular flexibility index (Phi) is 5.45. The maximum absolute atomic E-state index is 5.51. The van der Waals surface area contributed by atoms with Crippen molar-refractivity contribution in [3.05, 3.63) is 35.6 Å². The van der Waals surface area contributed by atoms with E-state index >= 15 is 0 Å². The Labute approximate surface area is 154 Å². The Bertz CT molecular complexity index is 690. The second-order valence-electron chi connectivity index (χ2n) is 7.21. The van der Waals surface area contributed by atoms with E-state index in [1.165, 1.54) is 18.4 Å². The Morgan fingerprint density at radius 2 is 2.04 bits per heavy atom. The van der Waals surface area contributed by atoms with Crippen molar-refractivity contribution in [1.82, 2.24) is 20.4 Å². The van der Waals surface area contributed by atoms with Gasteiger partial charge in [-0.25, -0.2) is 4.98 Å². The molecule has 140 valence electrons. The van der Waals surface area contributed by atoms with Gasteiger partial charge in [0.05, 0.1) is 6.04 Å². The second kappa shape index (κ2) is 8.14. The lowest BCUT2D eigenvalue weighted by molar-refractivity contribution is 0.0485. The zero-order chi connectivity index (χ0) is 17.8. The van der Waals surface area contributed by atoms with E-state index in [4.69, 9.17) is 9.26 Å². The van der Waals surface area contributed by atoms with Gasteiger partial charge in [-0.2, -0.15) is 4.98 Å². The van der Waals surface area contributed by atoms with Crippen molar-refractivity contribution in [1.29, 1.82) is 0 Å². The molecule has 2 aliphatic heterocycles. The molecule has 2 fully saturated rings. The highest BCUT2D eigenvalue weighted by atomic mass is 16.5. The smallest absolute Gasteiger partial charge is 0.244 e. The summed E-state index contributed by atoms with van der Waals surface area (Å²) >= 11 is 0. The van der Waals surface area contributed by atoms with E-state index in [0.717, 1.165) is 51.5 Å². The van der Waals surface area contributed by atoms with E-state index in [1.54, 1.807) is 0 Å². The quantitative estimate of drug-likeness (QED) is 0.851. The van der Waals surface area contributed by atoms with Gasteiger partial charge < -0.3 is 19.5 Å². The first-order valence-corrected chi connectivity index (χ1v) is 9.61. The van der Waals surface area contributed by atoms with Crippen LogP contribution in [0.2, 0.25) is 0 Å². The molecule has 4 heterocycles. The van der Waals surface area contributed by atoms with Gasteiger partial charge in [0.25, 0.3) is 0 Å². The van der Waals surface area contributed by atoms with Crippen molar-refractivity contribution in [3.8, 4) is 0 Å². The Balaban J connectivity index is 1.42. The average Bonchev–Trinajstić information content (AvgIpc) is 3.36. The summed E-state index contributed by atoms with van der Waals surface area (Å²) in [4.78, 5) is 11.5. The van der Waals surface area contributed by atoms with Crippen LogP contribution in [0.4, 0.5) is 5.82 Å². The lowest BCUT2D eigenvalue weighted by atomic mass is 9.91. The van der Waals surface area contributed by atoms with Crippen LogP contribution in [0, 0.1) is 12.8 Å². The largest absolute Gasteiger partial charge is 0.381 e. The number of ether oxygens (including phenoxy) is 1. The van der Waals surface area contributed by atoms with E-state index < -0.39 is 0 Å². The molecule has 1 N–H and O–H groups in total. The fourth-order valence-corrected chi connectivity index (χ4v) is 3.83. The summed E-state index contributed by atoms with van der Waals surface area (Å²) in [7, 11) is 0. The Hall–Kier alpha value is -1.99. The molecule has 0 amide bonds. The lowest BCUT2D eigenvalue weighted by Crippen LogP contribution is -2.32. The minimum atomic E-state index is 0.0540. The molecule has 0 bridgehead atoms. The minimum Gasteiger partial charge on any atom is -0.381 e. The molecule has 4 rings (SSSR count). The molecule has 1 atom stereocenters. The third-order valence-electron chi connectivity index (χ3n) is 5.31. The number of pyridine rings is 1. The second-order valence-corrected chi connectivity index (χ2v) is 7.21. The molecular formula is C19H27N5O2. The monoisotopic (exact) mass is 357 g/mol. The number of hydrogen-bond donors (Lipinski definition) is 1. The first kappa shape index (κ1) is 17.4. The number of hydrogen-bond acceptors (Lipinski definition) is 7. The fourth-order valence-electron chi connectivity index (χ4n) is 3.83. The summed E-state index contributed by atoms with van der Waals surface area (Å²) in [6.45, 7) is 6.41. The van der Waals surface area contributed by atoms with E-state index in [9.17, 15) is 0 Å². The number of anilines is 1. The number of rotatable bonds is 6. The van der Waals surface area contributed by atoms with E-state index in [2.05, 4.69) is 37.5 Å². The van der Waals surface area contributed by atoms with Crippen LogP contribution < -0.4 is 10.2 Å². The summed E-state index contributed by atoms with van der Waals surface area (Å²) in [6.07, 6.45) is 6.51. The van der Waals surface area contributed by atoms with Gasteiger partial charge in [-0.1, -0.05) is 11.2 Å². The van der Waals surface area contributed by atoms with E-state index in [0.29, 0.717) is 17.6 Å². The van der Waals surface area contributed by atoms with Gasteiger partial charge >= 0.3 is 0 Å². The molecule has 7 heteroatoms. The topological polar surface area (TPSA) is 76.3 Å². The number of nitrogens with zero attached hydrogens (tertiary/aromatic N) is 4. The molecule has 2 aromatic rings. The number of aromatic nitrogens is 3. The number of aryl methyl sites for hydroxylation is 1. The summed E-state index contributed by atoms with van der Waals surface area (Å²) in [5.41, 5.74) is 1.17. The van der Waals surface area contributed by atoms with Crippen LogP contribution in [-0.4, -0.2) is 41.4 Å². The van der Waals surface area contributed by atoms with Gasteiger partial charge in [0.2, 0.25) is 5.89 Å². The predicted molar refractivity (Wildman–Crippen MR) is 97.8 cm³/mol. The Morgan fingerprint density at radius 3 is 2.69 bits per heavy atom. The highest BCUT2D eigenvalue weighted by Crippen LogP contribution is 2.29. The summed E-state index contributed by atoms with van der Waals surface area (Å²) in [5, 5.41) is 7.59. The molecule has 0 aromatic carbocycles. The maximum atomic E-state index is 5.51. The van der Waals surface area contributed by atoms with Crippen LogP contribution in [0.25, 0.3) is 0 Å². The van der Waals surface area contributed by atoms with Crippen LogP contribution in [0.15, 0.2) is 22.9 Å². The molecule has 2 aromatic heterocycles. The van der Waals surface area contributed by atoms with Crippen molar-refractivity contribution in [3.63, 3.8) is 0 Å². The molecule has 0 aliphatic carbocycles. The molecule has 0 saturated carbocycles. The molecular weight excluding hydrogens is 330 g/mol. The highest BCUT2D eigenvalue weighted by molar-refractivity contribution is 5.40. The molecule has 7 nitrogen and oxygen atoms in total. The van der Waals surface area contributed by atoms with Crippen molar-refractivity contribution in [2.24, 2.45) is 5.92 Å². The van der Waals surface area contributed by atoms with Crippen molar-refractivity contribution in [2.75, 3.05) is 31.2 Å². The van der Waals surface area contributed by atoms with Gasteiger partial charge in [0, 0.05) is 39.0 Å². The van der Waals surface area contributed by atoms with Crippen LogP contribution in [0.5, 0.6) is 0 Å². The minimum absolute atomic E-state index is 0.0540. The van der Waals surface area contributed by atoms with Crippen LogP contribution in [-0.2, 0) is 11.3 Å². The molecule has 0 unspecified atom stereocenters. The summed E-state index contributed by atoms with van der Waals surface area (Å²) < 4.78 is 11.0. The third kappa shape index (κ3) is 4.04. The van der Waals surface area contributed by atoms with Crippen LogP contribution in [0.1, 0.15) is 49.0 Å². The average molecular weight is 357 g/mol. The zero-order valence-corrected chi connectivity index (χ0v) is 15.4. The molecule has 0 radical (unpaired) electrons. The van der Waals surface area contributed by atoms with Crippen molar-refractivity contribution >= 4 is 5.82 Å². The van der Waals surface area contributed by atoms with Crippen LogP contribution in [0.3, 0.4) is 0 Å². The first-order valence-electron chi connectivity index (χ1n) is 9.61. The predicted octanol–water partition coefficient (Wildman–Crippen LogP) is 2.63. The lowest BCUT2D eigenvalue weighted by Gasteiger charge is -2.28. The molecule has 2 saturated heterocycles. The normalized spacial score (nSPS) is 19.8. The van der Waals surface area contributed by atoms with Crippen molar-refractivity contribution in [2.45, 2.75) is 45.2 Å². The first-order chi connectivity index (χ1) is 12.8. The van der Waals surface area contributed by atoms with E-state index in [-0.39, 0.29) is 6.04 Å². The Morgan fingerprint density at radius 1 is 1.23 bits per heavy atom. The fraction of sp³-hybridized carbons (Fsp3) is 0.632. The summed E-state index contributed by atoms with van der Waals surface area (Å²) in [6, 6.07) is 4.34. The maximum Gasteiger partial charge on any atom is 0.244 e. The van der Waals surface area contributed by atoms with E-state index in [1.807, 2.05) is 13.1 Å². The van der Waals surface area contributed by atoms with Crippen molar-refractivity contribution < 1.29 is 9.26 Å². The van der Waals surface area contributed by atoms with Gasteiger partial charge in [0.15, 0.2) is 5.82 Å². The SMILES string of the molecule is Cc1noc([C@@H](NCc2ccc(N3CCCC3)nc2)C2CCOCC2)n1. The standard InChI is InChI=1S/C19H27N5O2/c1-14-22-19(26-23-14)18(16-6-10-25-11-7-16)21-13-15-4-5-17(20-12-15)24-8-2-3-9-24/h4-5,12,16,18,21H,2-3,6-11,13H2,1H3/t18-/m0/s1. The van der Waals surface area contributed by atoms with Gasteiger partial charge in [-0.3, -0.25) is 0 Å². The van der Waals surface area contributed by atoms with Gasteiger partial charge in [-0.05, 0) is 50.2 Å². The van der Waals surface area contributed by atoms with Gasteiger partial charge in [0.1, 0.15) is 5.82 Å². The third-order valence-corrected chi connectivity index (χ3v) is 5.31. The molecule has 26 heavy (non-hydrogen) atoms.